The molecule has 0 bridgehead atoms. The highest BCUT2D eigenvalue weighted by Gasteiger charge is 2.30. The Hall–Kier alpha value is -0.740. The Morgan fingerprint density at radius 2 is 2.27 bits per heavy atom. The lowest BCUT2D eigenvalue weighted by molar-refractivity contribution is 0.507. The molecular formula is C11H14FNOS. The van der Waals surface area contributed by atoms with Gasteiger partial charge in [-0.1, -0.05) is 26.0 Å². The summed E-state index contributed by atoms with van der Waals surface area (Å²) >= 11 is 0. The average molecular weight is 227 g/mol. The van der Waals surface area contributed by atoms with Gasteiger partial charge in [-0.3, -0.25) is 4.21 Å². The van der Waals surface area contributed by atoms with Gasteiger partial charge in [0, 0.05) is 17.8 Å². The summed E-state index contributed by atoms with van der Waals surface area (Å²) in [7, 11) is -1.19. The molecule has 4 heteroatoms. The van der Waals surface area contributed by atoms with Gasteiger partial charge in [-0.15, -0.1) is 0 Å². The normalized spacial score (nSPS) is 24.5. The molecule has 0 aromatic heterocycles. The predicted octanol–water partition coefficient (Wildman–Crippen LogP) is 1.99. The summed E-state index contributed by atoms with van der Waals surface area (Å²) in [6, 6.07) is 5.22. The van der Waals surface area contributed by atoms with Crippen LogP contribution in [-0.2, 0) is 10.8 Å². The number of fused-ring (bicyclic) bond motifs is 1. The van der Waals surface area contributed by atoms with Crippen molar-refractivity contribution in [1.82, 2.24) is 5.32 Å². The van der Waals surface area contributed by atoms with Crippen LogP contribution in [0, 0.1) is 5.82 Å². The second kappa shape index (κ2) is 4.02. The van der Waals surface area contributed by atoms with Crippen LogP contribution >= 0.6 is 0 Å². The Bertz CT molecular complexity index is 406. The summed E-state index contributed by atoms with van der Waals surface area (Å²) < 4.78 is 25.1. The van der Waals surface area contributed by atoms with Crippen LogP contribution in [0.2, 0.25) is 0 Å². The van der Waals surface area contributed by atoms with Crippen molar-refractivity contribution < 1.29 is 8.60 Å². The van der Waals surface area contributed by atoms with Crippen molar-refractivity contribution in [2.45, 2.75) is 30.8 Å². The molecule has 1 heterocycles. The first-order valence-electron chi connectivity index (χ1n) is 5.02. The van der Waals surface area contributed by atoms with Gasteiger partial charge in [0.2, 0.25) is 0 Å². The maximum Gasteiger partial charge on any atom is 0.139 e. The van der Waals surface area contributed by atoms with Crippen molar-refractivity contribution in [3.63, 3.8) is 0 Å². The zero-order valence-electron chi connectivity index (χ0n) is 8.79. The highest BCUT2D eigenvalue weighted by atomic mass is 32.2. The van der Waals surface area contributed by atoms with Crippen LogP contribution in [0.4, 0.5) is 4.39 Å². The van der Waals surface area contributed by atoms with Crippen molar-refractivity contribution in [3.05, 3.63) is 29.6 Å². The molecule has 2 rings (SSSR count). The summed E-state index contributed by atoms with van der Waals surface area (Å²) in [6.45, 7) is 4.06. The third-order valence-corrected chi connectivity index (χ3v) is 3.98. The molecule has 1 aliphatic heterocycles. The van der Waals surface area contributed by atoms with Crippen molar-refractivity contribution in [3.8, 4) is 0 Å². The molecule has 2 unspecified atom stereocenters. The fourth-order valence-corrected chi connectivity index (χ4v) is 3.41. The number of rotatable bonds is 2. The van der Waals surface area contributed by atoms with Crippen LogP contribution in [0.1, 0.15) is 25.5 Å². The summed E-state index contributed by atoms with van der Waals surface area (Å²) in [5.74, 6) is 0.132. The molecule has 82 valence electrons. The summed E-state index contributed by atoms with van der Waals surface area (Å²) in [6.07, 6.45) is 0. The van der Waals surface area contributed by atoms with Crippen LogP contribution in [0.3, 0.4) is 0 Å². The van der Waals surface area contributed by atoms with Gasteiger partial charge in [-0.25, -0.2) is 4.39 Å². The predicted molar refractivity (Wildman–Crippen MR) is 58.7 cm³/mol. The van der Waals surface area contributed by atoms with Crippen LogP contribution in [0.25, 0.3) is 0 Å². The van der Waals surface area contributed by atoms with Crippen molar-refractivity contribution in [1.29, 1.82) is 0 Å². The number of hydrogen-bond acceptors (Lipinski definition) is 2. The molecule has 1 aromatic carbocycles. The van der Waals surface area contributed by atoms with Crippen molar-refractivity contribution >= 4 is 10.8 Å². The van der Waals surface area contributed by atoms with E-state index in [2.05, 4.69) is 5.32 Å². The minimum atomic E-state index is -1.19. The topological polar surface area (TPSA) is 29.1 Å². The lowest BCUT2D eigenvalue weighted by Gasteiger charge is -2.15. The highest BCUT2D eigenvalue weighted by Crippen LogP contribution is 2.32. The van der Waals surface area contributed by atoms with Crippen LogP contribution in [0.5, 0.6) is 0 Å². The van der Waals surface area contributed by atoms with E-state index in [1.807, 2.05) is 19.9 Å². The lowest BCUT2D eigenvalue weighted by atomic mass is 10.1. The maximum absolute atomic E-state index is 13.4. The van der Waals surface area contributed by atoms with E-state index in [0.29, 0.717) is 16.7 Å². The Kier molecular flexibility index (Phi) is 2.89. The quantitative estimate of drug-likeness (QED) is 0.837. The first-order valence-corrected chi connectivity index (χ1v) is 6.34. The van der Waals surface area contributed by atoms with Crippen molar-refractivity contribution in [2.24, 2.45) is 0 Å². The van der Waals surface area contributed by atoms with Crippen LogP contribution in [-0.4, -0.2) is 16.0 Å². The van der Waals surface area contributed by atoms with E-state index < -0.39 is 10.8 Å². The van der Waals surface area contributed by atoms with E-state index in [4.69, 9.17) is 0 Å². The smallest absolute Gasteiger partial charge is 0.139 e. The maximum atomic E-state index is 13.4. The van der Waals surface area contributed by atoms with Gasteiger partial charge in [0.25, 0.3) is 0 Å². The Morgan fingerprint density at radius 3 is 2.93 bits per heavy atom. The van der Waals surface area contributed by atoms with Gasteiger partial charge in [-0.05, 0) is 11.6 Å². The number of nitrogens with one attached hydrogen (secondary N) is 1. The largest absolute Gasteiger partial charge is 0.307 e. The minimum absolute atomic E-state index is 0.0246. The van der Waals surface area contributed by atoms with Crippen LogP contribution < -0.4 is 5.32 Å². The second-order valence-corrected chi connectivity index (χ2v) is 5.48. The standard InChI is InChI=1S/C11H14FNOS/c1-7(2)13-10-6-15(14)11-8(10)4-3-5-9(11)12/h3-5,7,10,13H,6H2,1-2H3. The zero-order chi connectivity index (χ0) is 11.0. The van der Waals surface area contributed by atoms with E-state index in [0.717, 1.165) is 5.56 Å². The van der Waals surface area contributed by atoms with E-state index in [9.17, 15) is 8.60 Å². The van der Waals surface area contributed by atoms with Crippen LogP contribution in [0.15, 0.2) is 23.1 Å². The second-order valence-electron chi connectivity index (χ2n) is 4.04. The summed E-state index contributed by atoms with van der Waals surface area (Å²) in [5, 5.41) is 3.30. The molecule has 0 spiro atoms. The van der Waals surface area contributed by atoms with Gasteiger partial charge < -0.3 is 5.32 Å². The third kappa shape index (κ3) is 1.96. The Balaban J connectivity index is 2.38. The van der Waals surface area contributed by atoms with Gasteiger partial charge in [0.15, 0.2) is 0 Å². The summed E-state index contributed by atoms with van der Waals surface area (Å²) in [4.78, 5) is 0.385. The molecule has 0 aliphatic carbocycles. The molecule has 1 aromatic rings. The SMILES string of the molecule is CC(C)NC1CS(=O)c2c(F)cccc21. The molecule has 0 amide bonds. The molecule has 0 saturated heterocycles. The molecule has 0 saturated carbocycles. The van der Waals surface area contributed by atoms with E-state index in [1.54, 1.807) is 6.07 Å². The number of hydrogen-bond donors (Lipinski definition) is 1. The number of benzene rings is 1. The molecule has 15 heavy (non-hydrogen) atoms. The zero-order valence-corrected chi connectivity index (χ0v) is 9.60. The third-order valence-electron chi connectivity index (χ3n) is 2.45. The van der Waals surface area contributed by atoms with E-state index in [-0.39, 0.29) is 11.9 Å². The molecule has 1 aliphatic rings. The molecular weight excluding hydrogens is 213 g/mol. The fraction of sp³-hybridized carbons (Fsp3) is 0.455. The Morgan fingerprint density at radius 1 is 1.53 bits per heavy atom. The van der Waals surface area contributed by atoms with E-state index >= 15 is 0 Å². The summed E-state index contributed by atoms with van der Waals surface area (Å²) in [5.41, 5.74) is 0.849. The highest BCUT2D eigenvalue weighted by molar-refractivity contribution is 7.85. The molecule has 2 atom stereocenters. The van der Waals surface area contributed by atoms with Crippen molar-refractivity contribution in [2.75, 3.05) is 5.75 Å². The van der Waals surface area contributed by atoms with Gasteiger partial charge in [0.05, 0.1) is 15.7 Å². The number of halogens is 1. The Labute approximate surface area is 91.3 Å². The van der Waals surface area contributed by atoms with Gasteiger partial charge in [0.1, 0.15) is 5.82 Å². The average Bonchev–Trinajstić information content (AvgIpc) is 2.44. The molecule has 0 fully saturated rings. The monoisotopic (exact) mass is 227 g/mol. The first-order chi connectivity index (χ1) is 7.09. The fourth-order valence-electron chi connectivity index (χ4n) is 1.90. The van der Waals surface area contributed by atoms with Gasteiger partial charge >= 0.3 is 0 Å². The van der Waals surface area contributed by atoms with E-state index in [1.165, 1.54) is 6.07 Å². The first kappa shape index (κ1) is 10.8. The molecule has 2 nitrogen and oxygen atoms in total. The lowest BCUT2D eigenvalue weighted by Crippen LogP contribution is -2.28. The minimum Gasteiger partial charge on any atom is -0.307 e. The van der Waals surface area contributed by atoms with Gasteiger partial charge in [-0.2, -0.15) is 0 Å². The molecule has 1 N–H and O–H groups in total. The molecule has 0 radical (unpaired) electrons.